The van der Waals surface area contributed by atoms with Crippen LogP contribution in [0.3, 0.4) is 0 Å². The summed E-state index contributed by atoms with van der Waals surface area (Å²) in [6.07, 6.45) is 0.715. The fraction of sp³-hybridized carbons (Fsp3) is 0.143. The van der Waals surface area contributed by atoms with Gasteiger partial charge in [-0.05, 0) is 11.6 Å². The van der Waals surface area contributed by atoms with Crippen molar-refractivity contribution in [1.82, 2.24) is 0 Å². The number of rotatable bonds is 2. The van der Waals surface area contributed by atoms with Gasteiger partial charge in [0.15, 0.2) is 0 Å². The minimum absolute atomic E-state index is 0.715. The Balaban J connectivity index is 0.000000312. The summed E-state index contributed by atoms with van der Waals surface area (Å²) in [5.41, 5.74) is 3.66. The molecule has 19 heavy (non-hydrogen) atoms. The summed E-state index contributed by atoms with van der Waals surface area (Å²) in [5, 5.41) is 3.19. The fourth-order valence-corrected chi connectivity index (χ4v) is 1.57. The molecule has 0 saturated carbocycles. The van der Waals surface area contributed by atoms with E-state index in [1.165, 1.54) is 16.8 Å². The molecule has 2 rings (SSSR count). The Morgan fingerprint density at radius 2 is 1.42 bits per heavy atom. The molecule has 0 fully saturated rings. The summed E-state index contributed by atoms with van der Waals surface area (Å²) in [4.78, 5) is 0. The van der Waals surface area contributed by atoms with Gasteiger partial charge in [-0.25, -0.2) is 0 Å². The van der Waals surface area contributed by atoms with E-state index < -0.39 is 10.1 Å². The molecule has 0 atom stereocenters. The van der Waals surface area contributed by atoms with Crippen LogP contribution in [-0.2, 0) is 10.1 Å². The van der Waals surface area contributed by atoms with Crippen molar-refractivity contribution in [1.29, 1.82) is 0 Å². The van der Waals surface area contributed by atoms with E-state index in [1.807, 2.05) is 19.2 Å². The molecule has 2 N–H and O–H groups in total. The highest BCUT2D eigenvalue weighted by molar-refractivity contribution is 7.85. The highest BCUT2D eigenvalue weighted by Gasteiger charge is 2.00. The largest absolute Gasteiger partial charge is 0.388 e. The molecular formula is C14H17NO3S. The molecular weight excluding hydrogens is 262 g/mol. The quantitative estimate of drug-likeness (QED) is 0.830. The van der Waals surface area contributed by atoms with Gasteiger partial charge in [0.2, 0.25) is 0 Å². The van der Waals surface area contributed by atoms with Gasteiger partial charge >= 0.3 is 0 Å². The molecule has 102 valence electrons. The summed E-state index contributed by atoms with van der Waals surface area (Å²) in [5.74, 6) is 0. The molecule has 0 saturated heterocycles. The fourth-order valence-electron chi connectivity index (χ4n) is 1.57. The highest BCUT2D eigenvalue weighted by atomic mass is 32.2. The molecule has 0 spiro atoms. The van der Waals surface area contributed by atoms with Crippen molar-refractivity contribution in [3.8, 4) is 11.1 Å². The molecule has 0 bridgehead atoms. The Bertz CT molecular complexity index is 602. The molecule has 0 amide bonds. The maximum atomic E-state index is 9.19. The first-order valence-electron chi connectivity index (χ1n) is 5.66. The monoisotopic (exact) mass is 279 g/mol. The molecule has 0 unspecified atom stereocenters. The SMILES string of the molecule is CNc1ccccc1-c1ccccc1.CS(=O)(=O)O. The highest BCUT2D eigenvalue weighted by Crippen LogP contribution is 2.26. The molecule has 2 aromatic carbocycles. The van der Waals surface area contributed by atoms with E-state index in [1.54, 1.807) is 0 Å². The number of para-hydroxylation sites is 1. The molecule has 0 aliphatic heterocycles. The van der Waals surface area contributed by atoms with Gasteiger partial charge in [0, 0.05) is 18.3 Å². The maximum absolute atomic E-state index is 9.19. The number of nitrogens with one attached hydrogen (secondary N) is 1. The molecule has 5 heteroatoms. The smallest absolute Gasteiger partial charge is 0.261 e. The Kier molecular flexibility index (Phi) is 5.54. The second kappa shape index (κ2) is 6.92. The summed E-state index contributed by atoms with van der Waals surface area (Å²) < 4.78 is 25.9. The minimum Gasteiger partial charge on any atom is -0.388 e. The van der Waals surface area contributed by atoms with Crippen LogP contribution in [0.15, 0.2) is 54.6 Å². The topological polar surface area (TPSA) is 66.4 Å². The zero-order chi connectivity index (χ0) is 14.3. The van der Waals surface area contributed by atoms with E-state index in [0.717, 1.165) is 0 Å². The van der Waals surface area contributed by atoms with Crippen molar-refractivity contribution >= 4 is 15.8 Å². The summed E-state index contributed by atoms with van der Waals surface area (Å²) in [6, 6.07) is 18.7. The Morgan fingerprint density at radius 3 is 1.95 bits per heavy atom. The van der Waals surface area contributed by atoms with Crippen molar-refractivity contribution in [2.75, 3.05) is 18.6 Å². The van der Waals surface area contributed by atoms with E-state index in [9.17, 15) is 8.42 Å². The lowest BCUT2D eigenvalue weighted by molar-refractivity contribution is 0.490. The zero-order valence-corrected chi connectivity index (χ0v) is 11.7. The second-order valence-corrected chi connectivity index (χ2v) is 5.36. The van der Waals surface area contributed by atoms with Gasteiger partial charge in [-0.2, -0.15) is 8.42 Å². The standard InChI is InChI=1S/C13H13N.CH4O3S/c1-14-13-10-6-5-9-12(13)11-7-3-2-4-8-11;1-5(2,3)4/h2-10,14H,1H3;1H3,(H,2,3,4). The molecule has 4 nitrogen and oxygen atoms in total. The van der Waals surface area contributed by atoms with Crippen molar-refractivity contribution in [2.24, 2.45) is 0 Å². The third-order valence-electron chi connectivity index (χ3n) is 2.28. The first kappa shape index (κ1) is 15.2. The summed E-state index contributed by atoms with van der Waals surface area (Å²) >= 11 is 0. The van der Waals surface area contributed by atoms with Crippen LogP contribution in [-0.4, -0.2) is 26.3 Å². The van der Waals surface area contributed by atoms with Crippen LogP contribution in [0.25, 0.3) is 11.1 Å². The summed E-state index contributed by atoms with van der Waals surface area (Å²) in [6.45, 7) is 0. The van der Waals surface area contributed by atoms with E-state index in [2.05, 4.69) is 47.8 Å². The Labute approximate surface area is 113 Å². The van der Waals surface area contributed by atoms with Gasteiger partial charge in [-0.15, -0.1) is 0 Å². The zero-order valence-electron chi connectivity index (χ0n) is 10.9. The molecule has 0 heterocycles. The second-order valence-electron chi connectivity index (χ2n) is 3.89. The van der Waals surface area contributed by atoms with E-state index in [0.29, 0.717) is 6.26 Å². The van der Waals surface area contributed by atoms with Crippen LogP contribution in [0, 0.1) is 0 Å². The first-order valence-corrected chi connectivity index (χ1v) is 7.51. The van der Waals surface area contributed by atoms with Crippen LogP contribution in [0.1, 0.15) is 0 Å². The predicted octanol–water partition coefficient (Wildman–Crippen LogP) is 2.90. The number of anilines is 1. The van der Waals surface area contributed by atoms with Gasteiger partial charge in [-0.3, -0.25) is 4.55 Å². The third kappa shape index (κ3) is 6.03. The molecule has 0 aliphatic carbocycles. The van der Waals surface area contributed by atoms with Crippen molar-refractivity contribution in [2.45, 2.75) is 0 Å². The van der Waals surface area contributed by atoms with Crippen molar-refractivity contribution in [3.05, 3.63) is 54.6 Å². The van der Waals surface area contributed by atoms with E-state index in [-0.39, 0.29) is 0 Å². The van der Waals surface area contributed by atoms with Gasteiger partial charge in [0.25, 0.3) is 10.1 Å². The normalized spacial score (nSPS) is 10.3. The lowest BCUT2D eigenvalue weighted by Crippen LogP contribution is -1.90. The van der Waals surface area contributed by atoms with Gasteiger partial charge in [-0.1, -0.05) is 48.5 Å². The number of hydrogen-bond donors (Lipinski definition) is 2. The Hall–Kier alpha value is -1.85. The molecule has 0 aromatic heterocycles. The van der Waals surface area contributed by atoms with Gasteiger partial charge in [0.1, 0.15) is 0 Å². The van der Waals surface area contributed by atoms with Crippen LogP contribution >= 0.6 is 0 Å². The number of hydrogen-bond acceptors (Lipinski definition) is 3. The average molecular weight is 279 g/mol. The van der Waals surface area contributed by atoms with Crippen LogP contribution in [0.5, 0.6) is 0 Å². The van der Waals surface area contributed by atoms with Gasteiger partial charge in [0.05, 0.1) is 6.26 Å². The lowest BCUT2D eigenvalue weighted by atomic mass is 10.0. The minimum atomic E-state index is -3.67. The maximum Gasteiger partial charge on any atom is 0.261 e. The lowest BCUT2D eigenvalue weighted by Gasteiger charge is -2.08. The number of benzene rings is 2. The average Bonchev–Trinajstić information content (AvgIpc) is 2.38. The van der Waals surface area contributed by atoms with Crippen LogP contribution < -0.4 is 5.32 Å². The summed E-state index contributed by atoms with van der Waals surface area (Å²) in [7, 11) is -1.72. The van der Waals surface area contributed by atoms with Crippen molar-refractivity contribution in [3.63, 3.8) is 0 Å². The van der Waals surface area contributed by atoms with Crippen LogP contribution in [0.4, 0.5) is 5.69 Å². The van der Waals surface area contributed by atoms with Gasteiger partial charge < -0.3 is 5.32 Å². The third-order valence-corrected chi connectivity index (χ3v) is 2.28. The molecule has 0 aliphatic rings. The molecule has 2 aromatic rings. The Morgan fingerprint density at radius 1 is 0.947 bits per heavy atom. The van der Waals surface area contributed by atoms with E-state index in [4.69, 9.17) is 4.55 Å². The van der Waals surface area contributed by atoms with Crippen LogP contribution in [0.2, 0.25) is 0 Å². The first-order chi connectivity index (χ1) is 8.92. The van der Waals surface area contributed by atoms with E-state index >= 15 is 0 Å². The molecule has 0 radical (unpaired) electrons. The predicted molar refractivity (Wildman–Crippen MR) is 78.9 cm³/mol. The van der Waals surface area contributed by atoms with Crippen molar-refractivity contribution < 1.29 is 13.0 Å².